The van der Waals surface area contributed by atoms with Crippen molar-refractivity contribution in [3.8, 4) is 11.1 Å². The zero-order chi connectivity index (χ0) is 25.1. The van der Waals surface area contributed by atoms with Gasteiger partial charge in [0.1, 0.15) is 6.04 Å². The van der Waals surface area contributed by atoms with Crippen LogP contribution in [0.2, 0.25) is 0 Å². The van der Waals surface area contributed by atoms with Crippen LogP contribution >= 0.6 is 0 Å². The molecule has 192 valence electrons. The van der Waals surface area contributed by atoms with Gasteiger partial charge in [0.25, 0.3) is 0 Å². The smallest absolute Gasteiger partial charge is 0.381 e. The Bertz CT molecular complexity index is 1110. The van der Waals surface area contributed by atoms with Crippen molar-refractivity contribution in [3.63, 3.8) is 0 Å². The first kappa shape index (κ1) is 26.1. The maximum absolute atomic E-state index is 14.2. The van der Waals surface area contributed by atoms with E-state index in [0.717, 1.165) is 22.3 Å². The van der Waals surface area contributed by atoms with Crippen molar-refractivity contribution < 1.29 is 26.3 Å². The van der Waals surface area contributed by atoms with Crippen LogP contribution in [-0.4, -0.2) is 63.1 Å². The molecule has 1 N–H and O–H groups in total. The molecule has 2 aromatic carbocycles. The molecular weight excluding hydrogens is 477 g/mol. The number of nitrogens with one attached hydrogen (secondary N) is 1. The van der Waals surface area contributed by atoms with Gasteiger partial charge in [0, 0.05) is 25.2 Å². The highest BCUT2D eigenvalue weighted by Crippen LogP contribution is 2.36. The van der Waals surface area contributed by atoms with Crippen molar-refractivity contribution in [2.24, 2.45) is 0 Å². The third kappa shape index (κ3) is 6.44. The molecule has 0 aliphatic carbocycles. The molecule has 9 heteroatoms. The van der Waals surface area contributed by atoms with Crippen molar-refractivity contribution in [1.82, 2.24) is 9.62 Å². The summed E-state index contributed by atoms with van der Waals surface area (Å²) in [5, 5.41) is 0. The van der Waals surface area contributed by atoms with Gasteiger partial charge in [0.2, 0.25) is 10.0 Å². The van der Waals surface area contributed by atoms with Crippen LogP contribution in [0.5, 0.6) is 0 Å². The first-order valence-corrected chi connectivity index (χ1v) is 13.9. The van der Waals surface area contributed by atoms with Crippen LogP contribution in [0.15, 0.2) is 48.5 Å². The molecule has 1 fully saturated rings. The normalized spacial score (nSPS) is 24.7. The summed E-state index contributed by atoms with van der Waals surface area (Å²) >= 11 is 0. The second-order valence-corrected chi connectivity index (χ2v) is 11.4. The molecule has 1 saturated heterocycles. The van der Waals surface area contributed by atoms with Gasteiger partial charge in [-0.05, 0) is 61.3 Å². The van der Waals surface area contributed by atoms with Gasteiger partial charge in [-0.15, -0.1) is 0 Å². The topological polar surface area (TPSA) is 58.6 Å². The molecule has 0 aromatic heterocycles. The van der Waals surface area contributed by atoms with Crippen molar-refractivity contribution in [1.29, 1.82) is 0 Å². The van der Waals surface area contributed by atoms with Crippen LogP contribution < -0.4 is 4.72 Å². The number of hydrogen-bond acceptors (Lipinski definition) is 4. The summed E-state index contributed by atoms with van der Waals surface area (Å²) in [5.74, 6) is -0.109. The van der Waals surface area contributed by atoms with Gasteiger partial charge in [-0.1, -0.05) is 48.5 Å². The Morgan fingerprint density at radius 2 is 1.89 bits per heavy atom. The van der Waals surface area contributed by atoms with Gasteiger partial charge < -0.3 is 4.74 Å². The SMILES string of the molecule is CCS(=O)(=O)NC1CCN2C1Cc1cccc(c1)-c1ccccc1CCOCCCC2C(F)(F)F. The van der Waals surface area contributed by atoms with E-state index in [-0.39, 0.29) is 31.7 Å². The summed E-state index contributed by atoms with van der Waals surface area (Å²) in [4.78, 5) is 1.48. The summed E-state index contributed by atoms with van der Waals surface area (Å²) in [6.07, 6.45) is -2.86. The molecule has 0 spiro atoms. The Labute approximate surface area is 205 Å². The minimum atomic E-state index is -4.41. The lowest BCUT2D eigenvalue weighted by Crippen LogP contribution is -2.53. The number of alkyl halides is 3. The van der Waals surface area contributed by atoms with Crippen LogP contribution in [0.3, 0.4) is 0 Å². The van der Waals surface area contributed by atoms with Crippen LogP contribution in [-0.2, 0) is 27.6 Å². The number of rotatable bonds is 3. The van der Waals surface area contributed by atoms with E-state index in [0.29, 0.717) is 25.9 Å². The second-order valence-electron chi connectivity index (χ2n) is 9.35. The highest BCUT2D eigenvalue weighted by atomic mass is 32.2. The third-order valence-corrected chi connectivity index (χ3v) is 8.48. The summed E-state index contributed by atoms with van der Waals surface area (Å²) < 4.78 is 75.8. The lowest BCUT2D eigenvalue weighted by atomic mass is 9.93. The Morgan fingerprint density at radius 3 is 2.66 bits per heavy atom. The fourth-order valence-corrected chi connectivity index (χ4v) is 6.19. The highest BCUT2D eigenvalue weighted by Gasteiger charge is 2.49. The summed E-state index contributed by atoms with van der Waals surface area (Å²) in [7, 11) is -3.56. The van der Waals surface area contributed by atoms with Crippen LogP contribution in [0.4, 0.5) is 13.2 Å². The number of nitrogens with zero attached hydrogens (tertiary/aromatic N) is 1. The largest absolute Gasteiger partial charge is 0.404 e. The van der Waals surface area contributed by atoms with E-state index in [9.17, 15) is 21.6 Å². The molecule has 0 radical (unpaired) electrons. The van der Waals surface area contributed by atoms with E-state index in [1.807, 2.05) is 42.5 Å². The second kappa shape index (κ2) is 11.0. The molecule has 0 saturated carbocycles. The quantitative estimate of drug-likeness (QED) is 0.658. The molecule has 2 aromatic rings. The van der Waals surface area contributed by atoms with Gasteiger partial charge in [-0.25, -0.2) is 13.1 Å². The number of ether oxygens (including phenoxy) is 1. The average molecular weight is 511 g/mol. The number of sulfonamides is 1. The summed E-state index contributed by atoms with van der Waals surface area (Å²) in [6, 6.07) is 13.1. The Morgan fingerprint density at radius 1 is 1.09 bits per heavy atom. The zero-order valence-electron chi connectivity index (χ0n) is 19.9. The molecule has 4 rings (SSSR count). The number of fused-ring (bicyclic) bond motifs is 5. The number of benzene rings is 2. The minimum Gasteiger partial charge on any atom is -0.381 e. The maximum atomic E-state index is 14.2. The van der Waals surface area contributed by atoms with Crippen LogP contribution in [0.1, 0.15) is 37.3 Å². The lowest BCUT2D eigenvalue weighted by molar-refractivity contribution is -0.188. The van der Waals surface area contributed by atoms with Gasteiger partial charge >= 0.3 is 6.18 Å². The highest BCUT2D eigenvalue weighted by molar-refractivity contribution is 7.89. The molecule has 2 heterocycles. The molecule has 3 unspecified atom stereocenters. The monoisotopic (exact) mass is 510 g/mol. The average Bonchev–Trinajstić information content (AvgIpc) is 3.18. The zero-order valence-corrected chi connectivity index (χ0v) is 20.7. The predicted molar refractivity (Wildman–Crippen MR) is 131 cm³/mol. The Hall–Kier alpha value is -1.94. The van der Waals surface area contributed by atoms with Crippen molar-refractivity contribution >= 4 is 10.0 Å². The minimum absolute atomic E-state index is 0.0795. The van der Waals surface area contributed by atoms with E-state index in [2.05, 4.69) is 10.8 Å². The summed E-state index contributed by atoms with van der Waals surface area (Å²) in [5.41, 5.74) is 4.09. The van der Waals surface area contributed by atoms with E-state index in [4.69, 9.17) is 4.74 Å². The van der Waals surface area contributed by atoms with E-state index >= 15 is 0 Å². The molecule has 35 heavy (non-hydrogen) atoms. The van der Waals surface area contributed by atoms with Gasteiger partial charge in [-0.2, -0.15) is 13.2 Å². The molecule has 2 aliphatic heterocycles. The van der Waals surface area contributed by atoms with Crippen LogP contribution in [0, 0.1) is 0 Å². The van der Waals surface area contributed by atoms with Crippen molar-refractivity contribution in [2.75, 3.05) is 25.5 Å². The molecule has 5 nitrogen and oxygen atoms in total. The Balaban J connectivity index is 1.73. The molecule has 3 atom stereocenters. The van der Waals surface area contributed by atoms with Gasteiger partial charge in [-0.3, -0.25) is 4.90 Å². The molecule has 0 amide bonds. The fourth-order valence-electron chi connectivity index (χ4n) is 5.28. The van der Waals surface area contributed by atoms with Crippen molar-refractivity contribution in [2.45, 2.75) is 63.3 Å². The van der Waals surface area contributed by atoms with E-state index in [1.165, 1.54) is 11.8 Å². The van der Waals surface area contributed by atoms with E-state index < -0.39 is 34.3 Å². The fraction of sp³-hybridized carbons (Fsp3) is 0.538. The van der Waals surface area contributed by atoms with Gasteiger partial charge in [0.05, 0.1) is 12.4 Å². The summed E-state index contributed by atoms with van der Waals surface area (Å²) in [6.45, 7) is 2.42. The predicted octanol–water partition coefficient (Wildman–Crippen LogP) is 4.56. The lowest BCUT2D eigenvalue weighted by Gasteiger charge is -2.36. The number of halogens is 3. The molecule has 2 aliphatic rings. The molecular formula is C26H33F3N2O3S. The van der Waals surface area contributed by atoms with Crippen LogP contribution in [0.25, 0.3) is 11.1 Å². The first-order valence-electron chi connectivity index (χ1n) is 12.3. The standard InChI is InChI=1S/C26H33F3N2O3S/c1-2-35(32,33)30-23-12-14-31-24(23)18-19-7-5-9-21(17-19)22-10-4-3-8-20(22)13-16-34-15-6-11-25(31)26(27,28)29/h3-5,7-10,17,23-25,30H,2,6,11-16,18H2,1H3. The van der Waals surface area contributed by atoms with Gasteiger partial charge in [0.15, 0.2) is 0 Å². The Kier molecular flexibility index (Phi) is 8.20. The maximum Gasteiger partial charge on any atom is 0.404 e. The van der Waals surface area contributed by atoms with E-state index in [1.54, 1.807) is 0 Å². The number of hydrogen-bond donors (Lipinski definition) is 1. The first-order chi connectivity index (χ1) is 16.7. The third-order valence-electron chi connectivity index (χ3n) is 7.06. The van der Waals surface area contributed by atoms with Crippen molar-refractivity contribution in [3.05, 3.63) is 59.7 Å². The molecule has 2 bridgehead atoms.